The minimum Gasteiger partial charge on any atom is -0.348 e. The van der Waals surface area contributed by atoms with E-state index in [1.807, 2.05) is 46.4 Å². The Bertz CT molecular complexity index is 636. The molecule has 28 heavy (non-hydrogen) atoms. The van der Waals surface area contributed by atoms with Crippen LogP contribution in [0.25, 0.3) is 0 Å². The molecule has 1 aromatic heterocycles. The van der Waals surface area contributed by atoms with E-state index in [1.54, 1.807) is 0 Å². The van der Waals surface area contributed by atoms with Gasteiger partial charge in [-0.05, 0) is 53.6 Å². The summed E-state index contributed by atoms with van der Waals surface area (Å²) in [6.07, 6.45) is 7.08. The molecule has 1 N–H and O–H groups in total. The molecular weight excluding hydrogens is 362 g/mol. The highest BCUT2D eigenvalue weighted by atomic mass is 16.8. The lowest BCUT2D eigenvalue weighted by Gasteiger charge is -2.29. The van der Waals surface area contributed by atoms with Crippen molar-refractivity contribution in [2.24, 2.45) is 5.92 Å². The third-order valence-electron chi connectivity index (χ3n) is 5.60. The summed E-state index contributed by atoms with van der Waals surface area (Å²) in [6, 6.07) is 0. The zero-order chi connectivity index (χ0) is 19.8. The lowest BCUT2D eigenvalue weighted by atomic mass is 9.91. The summed E-state index contributed by atoms with van der Waals surface area (Å²) in [5.41, 5.74) is 0. The van der Waals surface area contributed by atoms with Crippen LogP contribution in [0, 0.1) is 5.92 Å². The van der Waals surface area contributed by atoms with Gasteiger partial charge in [0.25, 0.3) is 0 Å². The Morgan fingerprint density at radius 3 is 2.64 bits per heavy atom. The van der Waals surface area contributed by atoms with Gasteiger partial charge in [0.05, 0.1) is 19.0 Å². The van der Waals surface area contributed by atoms with E-state index < -0.39 is 11.6 Å². The van der Waals surface area contributed by atoms with Crippen LogP contribution in [-0.2, 0) is 30.2 Å². The molecule has 8 heteroatoms. The van der Waals surface area contributed by atoms with Crippen LogP contribution in [0.3, 0.4) is 0 Å². The summed E-state index contributed by atoms with van der Waals surface area (Å²) in [5.74, 6) is -0.971. The average molecular weight is 396 g/mol. The molecule has 4 heterocycles. The van der Waals surface area contributed by atoms with Crippen molar-refractivity contribution in [1.29, 1.82) is 0 Å². The molecule has 1 unspecified atom stereocenters. The Kier molecular flexibility index (Phi) is 5.79. The maximum Gasteiger partial charge on any atom is 0.187 e. The smallest absolute Gasteiger partial charge is 0.187 e. The molecule has 1 aromatic rings. The molecule has 0 aromatic carbocycles. The van der Waals surface area contributed by atoms with E-state index in [0.29, 0.717) is 6.61 Å². The van der Waals surface area contributed by atoms with E-state index in [9.17, 15) is 0 Å². The van der Waals surface area contributed by atoms with Crippen LogP contribution in [0.15, 0.2) is 18.7 Å². The Morgan fingerprint density at radius 2 is 1.93 bits per heavy atom. The van der Waals surface area contributed by atoms with Crippen LogP contribution in [0.1, 0.15) is 40.5 Å². The zero-order valence-corrected chi connectivity index (χ0v) is 17.3. The molecule has 0 amide bonds. The maximum atomic E-state index is 6.25. The molecule has 0 radical (unpaired) electrons. The topological polar surface area (TPSA) is 76.0 Å². The van der Waals surface area contributed by atoms with Gasteiger partial charge < -0.3 is 33.6 Å². The normalized spacial score (nSPS) is 36.1. The zero-order valence-electron chi connectivity index (χ0n) is 17.3. The molecule has 3 aliphatic rings. The monoisotopic (exact) mass is 395 g/mol. The predicted molar refractivity (Wildman–Crippen MR) is 101 cm³/mol. The van der Waals surface area contributed by atoms with Gasteiger partial charge in [-0.2, -0.15) is 0 Å². The van der Waals surface area contributed by atoms with Gasteiger partial charge in [-0.25, -0.2) is 4.98 Å². The van der Waals surface area contributed by atoms with Crippen molar-refractivity contribution < 1.29 is 23.7 Å². The summed E-state index contributed by atoms with van der Waals surface area (Å²) in [5, 5.41) is 3.54. The summed E-state index contributed by atoms with van der Waals surface area (Å²) >= 11 is 0. The molecule has 0 aliphatic carbocycles. The second-order valence-electron chi connectivity index (χ2n) is 8.79. The fraction of sp³-hybridized carbons (Fsp3) is 0.850. The Hall–Kier alpha value is -1.03. The second kappa shape index (κ2) is 8.01. The van der Waals surface area contributed by atoms with Crippen LogP contribution in [-0.4, -0.2) is 65.4 Å². The van der Waals surface area contributed by atoms with Crippen molar-refractivity contribution in [2.45, 2.75) is 83.3 Å². The number of hydrogen-bond acceptors (Lipinski definition) is 7. The average Bonchev–Trinajstić information content (AvgIpc) is 3.35. The van der Waals surface area contributed by atoms with Crippen LogP contribution in [0.2, 0.25) is 0 Å². The first-order chi connectivity index (χ1) is 13.3. The van der Waals surface area contributed by atoms with Crippen molar-refractivity contribution in [1.82, 2.24) is 14.9 Å². The number of nitrogens with zero attached hydrogens (tertiary/aromatic N) is 2. The Morgan fingerprint density at radius 1 is 1.07 bits per heavy atom. The number of nitrogens with one attached hydrogen (secondary N) is 1. The first kappa shape index (κ1) is 20.3. The number of aryl methyl sites for hydroxylation is 1. The van der Waals surface area contributed by atoms with Crippen LogP contribution in [0.4, 0.5) is 0 Å². The van der Waals surface area contributed by atoms with Gasteiger partial charge in [0.2, 0.25) is 0 Å². The van der Waals surface area contributed by atoms with Gasteiger partial charge in [0.15, 0.2) is 17.9 Å². The van der Waals surface area contributed by atoms with E-state index in [0.717, 1.165) is 32.5 Å². The van der Waals surface area contributed by atoms with E-state index in [2.05, 4.69) is 14.9 Å². The lowest BCUT2D eigenvalue weighted by Crippen LogP contribution is -2.40. The Balaban J connectivity index is 1.29. The van der Waals surface area contributed by atoms with Gasteiger partial charge in [0.1, 0.15) is 12.2 Å². The summed E-state index contributed by atoms with van der Waals surface area (Å²) in [6.45, 7) is 11.1. The number of ether oxygens (including phenoxy) is 5. The SMILES string of the molecule is CC1(C)OCC([C@H]2O[C@@H]3OC(C)(C)O[C@@H]3[C@H]2CCNCCCn2ccnc2)O1. The highest BCUT2D eigenvalue weighted by Crippen LogP contribution is 2.44. The number of aromatic nitrogens is 2. The van der Waals surface area contributed by atoms with Crippen molar-refractivity contribution >= 4 is 0 Å². The Labute approximate surface area is 166 Å². The fourth-order valence-corrected chi connectivity index (χ4v) is 4.36. The quantitative estimate of drug-likeness (QED) is 0.674. The first-order valence-corrected chi connectivity index (χ1v) is 10.3. The van der Waals surface area contributed by atoms with Crippen molar-refractivity contribution in [3.8, 4) is 0 Å². The molecule has 8 nitrogen and oxygen atoms in total. The molecule has 3 aliphatic heterocycles. The van der Waals surface area contributed by atoms with Gasteiger partial charge in [-0.1, -0.05) is 0 Å². The molecular formula is C20H33N3O5. The summed E-state index contributed by atoms with van der Waals surface area (Å²) < 4.78 is 32.3. The first-order valence-electron chi connectivity index (χ1n) is 10.3. The summed E-state index contributed by atoms with van der Waals surface area (Å²) in [4.78, 5) is 4.07. The van der Waals surface area contributed by atoms with Crippen molar-refractivity contribution in [3.05, 3.63) is 18.7 Å². The second-order valence-corrected chi connectivity index (χ2v) is 8.79. The van der Waals surface area contributed by atoms with E-state index in [4.69, 9.17) is 23.7 Å². The maximum absolute atomic E-state index is 6.25. The largest absolute Gasteiger partial charge is 0.348 e. The van der Waals surface area contributed by atoms with E-state index in [1.165, 1.54) is 0 Å². The number of rotatable bonds is 8. The van der Waals surface area contributed by atoms with E-state index >= 15 is 0 Å². The highest BCUT2D eigenvalue weighted by Gasteiger charge is 2.57. The third kappa shape index (κ3) is 4.58. The van der Waals surface area contributed by atoms with E-state index in [-0.39, 0.29) is 30.5 Å². The molecule has 3 fully saturated rings. The standard InChI is InChI=1S/C20H33N3O5/c1-19(2)24-12-15(26-19)16-14(17-18(25-16)28-20(3,4)27-17)6-8-21-7-5-10-23-11-9-22-13-23/h9,11,13-18,21H,5-8,10,12H2,1-4H3/t14-,15?,16-,17+,18+/m0/s1. The van der Waals surface area contributed by atoms with Crippen LogP contribution < -0.4 is 5.32 Å². The number of fused-ring (bicyclic) bond motifs is 1. The molecule has 4 rings (SSSR count). The van der Waals surface area contributed by atoms with Gasteiger partial charge in [-0.15, -0.1) is 0 Å². The lowest BCUT2D eigenvalue weighted by molar-refractivity contribution is -0.227. The number of imidazole rings is 1. The number of hydrogen-bond donors (Lipinski definition) is 1. The molecule has 0 spiro atoms. The molecule has 5 atom stereocenters. The van der Waals surface area contributed by atoms with Crippen LogP contribution in [0.5, 0.6) is 0 Å². The van der Waals surface area contributed by atoms with Gasteiger partial charge >= 0.3 is 0 Å². The predicted octanol–water partition coefficient (Wildman–Crippen LogP) is 1.90. The minimum absolute atomic E-state index is 0.0694. The molecule has 158 valence electrons. The van der Waals surface area contributed by atoms with Crippen molar-refractivity contribution in [2.75, 3.05) is 19.7 Å². The fourth-order valence-electron chi connectivity index (χ4n) is 4.36. The van der Waals surface area contributed by atoms with Gasteiger partial charge in [0, 0.05) is 24.9 Å². The highest BCUT2D eigenvalue weighted by molar-refractivity contribution is 4.97. The minimum atomic E-state index is -0.608. The molecule has 0 bridgehead atoms. The molecule has 3 saturated heterocycles. The van der Waals surface area contributed by atoms with Crippen molar-refractivity contribution in [3.63, 3.8) is 0 Å². The van der Waals surface area contributed by atoms with Crippen LogP contribution >= 0.6 is 0 Å². The van der Waals surface area contributed by atoms with Gasteiger partial charge in [-0.3, -0.25) is 0 Å². The summed E-state index contributed by atoms with van der Waals surface area (Å²) in [7, 11) is 0. The third-order valence-corrected chi connectivity index (χ3v) is 5.60. The molecule has 0 saturated carbocycles.